The molecule has 0 spiro atoms. The zero-order valence-electron chi connectivity index (χ0n) is 19.8. The summed E-state index contributed by atoms with van der Waals surface area (Å²) in [4.78, 5) is 30.6. The van der Waals surface area contributed by atoms with Crippen LogP contribution >= 0.6 is 0 Å². The number of aromatic nitrogens is 4. The van der Waals surface area contributed by atoms with Gasteiger partial charge in [-0.1, -0.05) is 54.1 Å². The van der Waals surface area contributed by atoms with E-state index in [0.29, 0.717) is 23.3 Å². The van der Waals surface area contributed by atoms with E-state index in [4.69, 9.17) is 4.74 Å². The van der Waals surface area contributed by atoms with E-state index in [0.717, 1.165) is 26.9 Å². The van der Waals surface area contributed by atoms with Crippen molar-refractivity contribution in [2.45, 2.75) is 33.9 Å². The van der Waals surface area contributed by atoms with E-state index in [1.807, 2.05) is 81.4 Å². The second-order valence-corrected chi connectivity index (χ2v) is 8.57. The Bertz CT molecular complexity index is 1620. The molecule has 0 bridgehead atoms. The summed E-state index contributed by atoms with van der Waals surface area (Å²) in [5.41, 5.74) is 5.17. The number of para-hydroxylation sites is 2. The molecule has 0 aliphatic rings. The van der Waals surface area contributed by atoms with E-state index in [1.165, 1.54) is 4.40 Å². The van der Waals surface area contributed by atoms with Crippen LogP contribution in [0.3, 0.4) is 0 Å². The van der Waals surface area contributed by atoms with Crippen molar-refractivity contribution in [3.05, 3.63) is 99.5 Å². The lowest BCUT2D eigenvalue weighted by atomic mass is 10.1. The van der Waals surface area contributed by atoms with E-state index in [9.17, 15) is 9.59 Å². The van der Waals surface area contributed by atoms with E-state index in [2.05, 4.69) is 15.4 Å². The number of hydrogen-bond acceptors (Lipinski definition) is 5. The fourth-order valence-corrected chi connectivity index (χ4v) is 3.88. The third-order valence-corrected chi connectivity index (χ3v) is 6.04. The number of benzene rings is 3. The molecule has 8 heteroatoms. The second kappa shape index (κ2) is 9.06. The molecule has 0 aliphatic heterocycles. The van der Waals surface area contributed by atoms with Crippen molar-refractivity contribution in [2.75, 3.05) is 0 Å². The van der Waals surface area contributed by atoms with Crippen molar-refractivity contribution in [1.29, 1.82) is 0 Å². The number of carbonyl (C=O) groups is 1. The van der Waals surface area contributed by atoms with Gasteiger partial charge in [-0.2, -0.15) is 0 Å². The quantitative estimate of drug-likeness (QED) is 0.406. The summed E-state index contributed by atoms with van der Waals surface area (Å²) >= 11 is 0. The first-order valence-electron chi connectivity index (χ1n) is 11.4. The Morgan fingerprint density at radius 1 is 0.971 bits per heavy atom. The first-order chi connectivity index (χ1) is 16.9. The van der Waals surface area contributed by atoms with Gasteiger partial charge in [0, 0.05) is 6.54 Å². The van der Waals surface area contributed by atoms with Gasteiger partial charge in [-0.25, -0.2) is 18.9 Å². The number of nitrogens with one attached hydrogen (secondary N) is 1. The monoisotopic (exact) mass is 467 g/mol. The van der Waals surface area contributed by atoms with Crippen LogP contribution in [-0.4, -0.2) is 25.1 Å². The maximum atomic E-state index is 13.3. The molecule has 0 saturated carbocycles. The molecule has 2 heterocycles. The minimum atomic E-state index is -0.435. The topological polar surface area (TPSA) is 90.5 Å². The van der Waals surface area contributed by atoms with Crippen molar-refractivity contribution in [3.63, 3.8) is 0 Å². The molecule has 0 aliphatic carbocycles. The molecule has 3 aromatic carbocycles. The predicted molar refractivity (Wildman–Crippen MR) is 134 cm³/mol. The molecular formula is C27H25N5O3. The SMILES string of the molecule is Cc1ccc(CNC(=O)Cn2nc3c(Oc4cccc(C)c4C)nc4ccccc4n3c2=O)cc1. The minimum absolute atomic E-state index is 0.202. The Morgan fingerprint density at radius 3 is 2.54 bits per heavy atom. The summed E-state index contributed by atoms with van der Waals surface area (Å²) in [6.07, 6.45) is 0. The highest BCUT2D eigenvalue weighted by atomic mass is 16.5. The molecule has 176 valence electrons. The Balaban J connectivity index is 1.50. The lowest BCUT2D eigenvalue weighted by Crippen LogP contribution is -2.32. The van der Waals surface area contributed by atoms with Crippen LogP contribution in [0.25, 0.3) is 16.7 Å². The van der Waals surface area contributed by atoms with E-state index >= 15 is 0 Å². The third kappa shape index (κ3) is 4.38. The molecule has 0 saturated heterocycles. The number of fused-ring (bicyclic) bond motifs is 3. The summed E-state index contributed by atoms with van der Waals surface area (Å²) in [6, 6.07) is 20.9. The average Bonchev–Trinajstić information content (AvgIpc) is 3.18. The van der Waals surface area contributed by atoms with Crippen molar-refractivity contribution in [1.82, 2.24) is 24.5 Å². The van der Waals surface area contributed by atoms with Crippen LogP contribution in [0.15, 0.2) is 71.5 Å². The highest BCUT2D eigenvalue weighted by Crippen LogP contribution is 2.29. The number of hydrogen-bond donors (Lipinski definition) is 1. The van der Waals surface area contributed by atoms with Crippen molar-refractivity contribution >= 4 is 22.6 Å². The third-order valence-electron chi connectivity index (χ3n) is 6.04. The molecule has 0 radical (unpaired) electrons. The number of amides is 1. The zero-order chi connectivity index (χ0) is 24.5. The fourth-order valence-electron chi connectivity index (χ4n) is 3.88. The number of carbonyl (C=O) groups excluding carboxylic acids is 1. The van der Waals surface area contributed by atoms with Crippen LogP contribution in [0.5, 0.6) is 11.6 Å². The molecule has 5 rings (SSSR count). The van der Waals surface area contributed by atoms with Gasteiger partial charge in [0.2, 0.25) is 11.6 Å². The predicted octanol–water partition coefficient (Wildman–Crippen LogP) is 4.08. The lowest BCUT2D eigenvalue weighted by Gasteiger charge is -2.11. The lowest BCUT2D eigenvalue weighted by molar-refractivity contribution is -0.122. The van der Waals surface area contributed by atoms with Crippen LogP contribution in [0.2, 0.25) is 0 Å². The molecule has 0 atom stereocenters. The van der Waals surface area contributed by atoms with E-state index in [1.54, 1.807) is 6.07 Å². The largest absolute Gasteiger partial charge is 0.436 e. The Labute approximate surface area is 201 Å². The highest BCUT2D eigenvalue weighted by molar-refractivity contribution is 5.80. The summed E-state index contributed by atoms with van der Waals surface area (Å²) in [5.74, 6) is 0.520. The highest BCUT2D eigenvalue weighted by Gasteiger charge is 2.19. The zero-order valence-corrected chi connectivity index (χ0v) is 19.8. The van der Waals surface area contributed by atoms with Crippen molar-refractivity contribution < 1.29 is 9.53 Å². The molecule has 2 aromatic heterocycles. The smallest absolute Gasteiger partial charge is 0.351 e. The van der Waals surface area contributed by atoms with Gasteiger partial charge >= 0.3 is 5.69 Å². The molecule has 1 amide bonds. The van der Waals surface area contributed by atoms with Gasteiger partial charge in [0.1, 0.15) is 12.3 Å². The molecule has 8 nitrogen and oxygen atoms in total. The van der Waals surface area contributed by atoms with Gasteiger partial charge in [-0.15, -0.1) is 5.10 Å². The summed E-state index contributed by atoms with van der Waals surface area (Å²) in [6.45, 7) is 6.12. The molecule has 1 N–H and O–H groups in total. The standard InChI is InChI=1S/C27H25N5O3/c1-17-11-13-20(14-12-17)15-28-24(33)16-31-27(34)32-22-9-5-4-8-21(22)29-26(25(32)30-31)35-23-10-6-7-18(2)19(23)3/h4-14H,15-16H2,1-3H3,(H,28,33). The Hall–Kier alpha value is -4.46. The summed E-state index contributed by atoms with van der Waals surface area (Å²) < 4.78 is 8.74. The number of ether oxygens (including phenoxy) is 1. The normalized spacial score (nSPS) is 11.2. The molecule has 0 fully saturated rings. The van der Waals surface area contributed by atoms with Crippen molar-refractivity contribution in [2.24, 2.45) is 0 Å². The molecule has 0 unspecified atom stereocenters. The van der Waals surface area contributed by atoms with Crippen molar-refractivity contribution in [3.8, 4) is 11.6 Å². The number of nitrogens with zero attached hydrogens (tertiary/aromatic N) is 4. The van der Waals surface area contributed by atoms with Gasteiger partial charge in [-0.05, 0) is 55.7 Å². The van der Waals surface area contributed by atoms with Crippen LogP contribution in [-0.2, 0) is 17.9 Å². The molecule has 35 heavy (non-hydrogen) atoms. The molecule has 5 aromatic rings. The van der Waals surface area contributed by atoms with Gasteiger partial charge in [0.05, 0.1) is 11.0 Å². The summed E-state index contributed by atoms with van der Waals surface area (Å²) in [7, 11) is 0. The second-order valence-electron chi connectivity index (χ2n) is 8.57. The molecular weight excluding hydrogens is 442 g/mol. The fraction of sp³-hybridized carbons (Fsp3) is 0.185. The maximum absolute atomic E-state index is 13.3. The summed E-state index contributed by atoms with van der Waals surface area (Å²) in [5, 5.41) is 7.28. The van der Waals surface area contributed by atoms with Gasteiger partial charge in [0.25, 0.3) is 5.88 Å². The van der Waals surface area contributed by atoms with Crippen LogP contribution in [0.4, 0.5) is 0 Å². The van der Waals surface area contributed by atoms with Gasteiger partial charge < -0.3 is 10.1 Å². The average molecular weight is 468 g/mol. The first-order valence-corrected chi connectivity index (χ1v) is 11.4. The van der Waals surface area contributed by atoms with Crippen LogP contribution in [0, 0.1) is 20.8 Å². The van der Waals surface area contributed by atoms with Crippen LogP contribution in [0.1, 0.15) is 22.3 Å². The van der Waals surface area contributed by atoms with E-state index < -0.39 is 5.69 Å². The van der Waals surface area contributed by atoms with Crippen LogP contribution < -0.4 is 15.7 Å². The number of aryl methyl sites for hydroxylation is 2. The first kappa shape index (κ1) is 22.3. The Kier molecular flexibility index (Phi) is 5.78. The Morgan fingerprint density at radius 2 is 1.74 bits per heavy atom. The van der Waals surface area contributed by atoms with Gasteiger partial charge in [0.15, 0.2) is 0 Å². The van der Waals surface area contributed by atoms with Gasteiger partial charge in [-0.3, -0.25) is 4.79 Å². The van der Waals surface area contributed by atoms with E-state index in [-0.39, 0.29) is 24.0 Å². The maximum Gasteiger partial charge on any atom is 0.351 e. The number of rotatable bonds is 6. The minimum Gasteiger partial charge on any atom is -0.436 e.